The number of aliphatic carboxylic acids is 2. The first kappa shape index (κ1) is 18.8. The van der Waals surface area contributed by atoms with Crippen molar-refractivity contribution in [2.45, 2.75) is 38.8 Å². The number of carbonyl (C=O) groups is 4. The van der Waals surface area contributed by atoms with Gasteiger partial charge >= 0.3 is 11.9 Å². The number of rotatable bonds is 9. The highest BCUT2D eigenvalue weighted by Gasteiger charge is 2.28. The number of hydrogen-bond donors (Lipinski definition) is 5. The van der Waals surface area contributed by atoms with Crippen molar-refractivity contribution in [2.24, 2.45) is 11.7 Å². The van der Waals surface area contributed by atoms with Crippen molar-refractivity contribution in [3.8, 4) is 0 Å². The molecule has 0 aromatic rings. The van der Waals surface area contributed by atoms with E-state index in [1.807, 2.05) is 13.8 Å². The molecule has 0 saturated carbocycles. The molecular formula is C12H21N3O6. The van der Waals surface area contributed by atoms with Crippen molar-refractivity contribution in [3.63, 3.8) is 0 Å². The molecule has 0 bridgehead atoms. The van der Waals surface area contributed by atoms with Crippen molar-refractivity contribution in [3.05, 3.63) is 0 Å². The van der Waals surface area contributed by atoms with Gasteiger partial charge in [-0.15, -0.1) is 0 Å². The molecule has 21 heavy (non-hydrogen) atoms. The molecule has 0 aliphatic heterocycles. The third-order valence-electron chi connectivity index (χ3n) is 2.54. The molecule has 0 aromatic carbocycles. The molecule has 0 radical (unpaired) electrons. The van der Waals surface area contributed by atoms with Gasteiger partial charge in [-0.05, 0) is 12.3 Å². The van der Waals surface area contributed by atoms with Crippen molar-refractivity contribution >= 4 is 23.8 Å². The second-order valence-electron chi connectivity index (χ2n) is 4.95. The zero-order chi connectivity index (χ0) is 16.6. The fourth-order valence-electron chi connectivity index (χ4n) is 1.60. The largest absolute Gasteiger partial charge is 0.481 e. The van der Waals surface area contributed by atoms with Crippen LogP contribution in [0.3, 0.4) is 0 Å². The summed E-state index contributed by atoms with van der Waals surface area (Å²) in [5.41, 5.74) is 5.15. The van der Waals surface area contributed by atoms with Crippen LogP contribution < -0.4 is 16.4 Å². The molecule has 0 fully saturated rings. The summed E-state index contributed by atoms with van der Waals surface area (Å²) in [6.45, 7) is 3.33. The Bertz CT molecular complexity index is 410. The summed E-state index contributed by atoms with van der Waals surface area (Å²) in [5.74, 6) is -4.06. The fourth-order valence-corrected chi connectivity index (χ4v) is 1.60. The minimum Gasteiger partial charge on any atom is -0.481 e. The van der Waals surface area contributed by atoms with E-state index in [2.05, 4.69) is 10.6 Å². The molecule has 9 heteroatoms. The van der Waals surface area contributed by atoms with Crippen molar-refractivity contribution in [2.75, 3.05) is 6.54 Å². The van der Waals surface area contributed by atoms with Crippen molar-refractivity contribution < 1.29 is 29.4 Å². The van der Waals surface area contributed by atoms with E-state index in [0.717, 1.165) is 0 Å². The highest BCUT2D eigenvalue weighted by atomic mass is 16.4. The average Bonchev–Trinajstić information content (AvgIpc) is 2.35. The minimum absolute atomic E-state index is 0.0570. The standard InChI is InChI=1S/C12H21N3O6/c1-6(2)3-7(14-9(16)5-13)11(19)15-8(12(20)21)4-10(17)18/h6-8H,3-5,13H2,1-2H3,(H,14,16)(H,15,19)(H,17,18)(H,20,21). The Morgan fingerprint density at radius 2 is 1.62 bits per heavy atom. The second-order valence-corrected chi connectivity index (χ2v) is 4.95. The minimum atomic E-state index is -1.56. The molecule has 120 valence electrons. The van der Waals surface area contributed by atoms with Crippen LogP contribution in [0.15, 0.2) is 0 Å². The Morgan fingerprint density at radius 3 is 2.00 bits per heavy atom. The first-order valence-corrected chi connectivity index (χ1v) is 6.41. The first-order valence-electron chi connectivity index (χ1n) is 6.41. The summed E-state index contributed by atoms with van der Waals surface area (Å²) in [6, 6.07) is -2.52. The molecular weight excluding hydrogens is 282 g/mol. The summed E-state index contributed by atoms with van der Waals surface area (Å²) in [4.78, 5) is 44.8. The summed E-state index contributed by atoms with van der Waals surface area (Å²) in [6.07, 6.45) is -0.475. The Hall–Kier alpha value is -2.16. The summed E-state index contributed by atoms with van der Waals surface area (Å²) >= 11 is 0. The van der Waals surface area contributed by atoms with Gasteiger partial charge in [0.15, 0.2) is 0 Å². The summed E-state index contributed by atoms with van der Waals surface area (Å²) in [7, 11) is 0. The predicted molar refractivity (Wildman–Crippen MR) is 72.3 cm³/mol. The van der Waals surface area contributed by atoms with Gasteiger partial charge in [-0.25, -0.2) is 4.79 Å². The van der Waals surface area contributed by atoms with Gasteiger partial charge in [0, 0.05) is 0 Å². The Labute approximate surface area is 121 Å². The highest BCUT2D eigenvalue weighted by Crippen LogP contribution is 2.06. The molecule has 0 heterocycles. The number of hydrogen-bond acceptors (Lipinski definition) is 5. The van der Waals surface area contributed by atoms with Gasteiger partial charge in [0.1, 0.15) is 12.1 Å². The van der Waals surface area contributed by atoms with Gasteiger partial charge in [0.2, 0.25) is 11.8 Å². The molecule has 6 N–H and O–H groups in total. The lowest BCUT2D eigenvalue weighted by atomic mass is 10.0. The van der Waals surface area contributed by atoms with Crippen molar-refractivity contribution in [1.82, 2.24) is 10.6 Å². The van der Waals surface area contributed by atoms with Gasteiger partial charge in [-0.3, -0.25) is 14.4 Å². The van der Waals surface area contributed by atoms with E-state index in [9.17, 15) is 19.2 Å². The zero-order valence-corrected chi connectivity index (χ0v) is 12.0. The summed E-state index contributed by atoms with van der Waals surface area (Å²) in [5, 5.41) is 22.0. The maximum atomic E-state index is 12.0. The van der Waals surface area contributed by atoms with Gasteiger partial charge in [0.25, 0.3) is 0 Å². The SMILES string of the molecule is CC(C)CC(NC(=O)CN)C(=O)NC(CC(=O)O)C(=O)O. The van der Waals surface area contributed by atoms with E-state index in [0.29, 0.717) is 0 Å². The van der Waals surface area contributed by atoms with E-state index in [4.69, 9.17) is 15.9 Å². The number of amides is 2. The Morgan fingerprint density at radius 1 is 1.05 bits per heavy atom. The van der Waals surface area contributed by atoms with Crippen LogP contribution in [0.5, 0.6) is 0 Å². The third-order valence-corrected chi connectivity index (χ3v) is 2.54. The van der Waals surface area contributed by atoms with Crippen LogP contribution in [-0.4, -0.2) is 52.6 Å². The molecule has 2 atom stereocenters. The average molecular weight is 303 g/mol. The lowest BCUT2D eigenvalue weighted by Gasteiger charge is -2.22. The number of nitrogens with two attached hydrogens (primary N) is 1. The normalized spacial score (nSPS) is 13.3. The Balaban J connectivity index is 4.87. The van der Waals surface area contributed by atoms with Crippen LogP contribution in [0.2, 0.25) is 0 Å². The molecule has 0 saturated heterocycles. The maximum absolute atomic E-state index is 12.0. The van der Waals surface area contributed by atoms with Crippen LogP contribution in [0, 0.1) is 5.92 Å². The number of carboxylic acid groups (broad SMARTS) is 2. The molecule has 0 aliphatic carbocycles. The monoisotopic (exact) mass is 303 g/mol. The molecule has 0 aliphatic rings. The topological polar surface area (TPSA) is 159 Å². The molecule has 9 nitrogen and oxygen atoms in total. The van der Waals surface area contributed by atoms with Gasteiger partial charge in [-0.1, -0.05) is 13.8 Å². The third kappa shape index (κ3) is 7.88. The molecule has 2 unspecified atom stereocenters. The molecule has 0 rings (SSSR count). The van der Waals surface area contributed by atoms with E-state index in [1.54, 1.807) is 0 Å². The van der Waals surface area contributed by atoms with Crippen molar-refractivity contribution in [1.29, 1.82) is 0 Å². The fraction of sp³-hybridized carbons (Fsp3) is 0.667. The zero-order valence-electron chi connectivity index (χ0n) is 12.0. The van der Waals surface area contributed by atoms with E-state index >= 15 is 0 Å². The lowest BCUT2D eigenvalue weighted by Crippen LogP contribution is -2.53. The van der Waals surface area contributed by atoms with Gasteiger partial charge < -0.3 is 26.6 Å². The first-order chi connectivity index (χ1) is 9.67. The second kappa shape index (κ2) is 8.90. The molecule has 2 amide bonds. The maximum Gasteiger partial charge on any atom is 0.326 e. The van der Waals surface area contributed by atoms with Crippen LogP contribution >= 0.6 is 0 Å². The quantitative estimate of drug-likeness (QED) is 0.347. The van der Waals surface area contributed by atoms with E-state index in [1.165, 1.54) is 0 Å². The van der Waals surface area contributed by atoms with Crippen LogP contribution in [-0.2, 0) is 19.2 Å². The summed E-state index contributed by atoms with van der Waals surface area (Å²) < 4.78 is 0. The van der Waals surface area contributed by atoms with Gasteiger partial charge in [0.05, 0.1) is 13.0 Å². The number of carboxylic acids is 2. The Kier molecular flexibility index (Phi) is 7.99. The number of carbonyl (C=O) groups excluding carboxylic acids is 2. The van der Waals surface area contributed by atoms with Crippen LogP contribution in [0.25, 0.3) is 0 Å². The molecule has 0 spiro atoms. The molecule has 0 aromatic heterocycles. The number of nitrogens with one attached hydrogen (secondary N) is 2. The highest BCUT2D eigenvalue weighted by molar-refractivity contribution is 5.92. The van der Waals surface area contributed by atoms with Crippen LogP contribution in [0.4, 0.5) is 0 Å². The van der Waals surface area contributed by atoms with E-state index in [-0.39, 0.29) is 18.9 Å². The van der Waals surface area contributed by atoms with Crippen LogP contribution in [0.1, 0.15) is 26.7 Å². The lowest BCUT2D eigenvalue weighted by molar-refractivity contribution is -0.147. The van der Waals surface area contributed by atoms with Gasteiger partial charge in [-0.2, -0.15) is 0 Å². The smallest absolute Gasteiger partial charge is 0.326 e. The predicted octanol–water partition coefficient (Wildman–Crippen LogP) is -1.48. The van der Waals surface area contributed by atoms with E-state index < -0.39 is 42.3 Å².